The molecule has 0 aromatic heterocycles. The Hall–Kier alpha value is -2.45. The zero-order chi connectivity index (χ0) is 15.4. The largest absolute Gasteiger partial charge is 0.392 e. The lowest BCUT2D eigenvalue weighted by molar-refractivity contribution is -0.387. The van der Waals surface area contributed by atoms with Gasteiger partial charge in [-0.1, -0.05) is 23.9 Å². The summed E-state index contributed by atoms with van der Waals surface area (Å²) in [4.78, 5) is 21.6. The Morgan fingerprint density at radius 2 is 1.71 bits per heavy atom. The molecule has 0 spiro atoms. The molecule has 0 amide bonds. The van der Waals surface area contributed by atoms with Crippen LogP contribution in [-0.4, -0.2) is 15.0 Å². The molecule has 8 heteroatoms. The molecule has 0 aliphatic heterocycles. The summed E-state index contributed by atoms with van der Waals surface area (Å²) in [6, 6.07) is 10.2. The first-order valence-corrected chi connectivity index (χ1v) is 6.64. The average molecular weight is 306 g/mol. The summed E-state index contributed by atoms with van der Waals surface area (Å²) in [5.41, 5.74) is 0.169. The summed E-state index contributed by atoms with van der Waals surface area (Å²) < 4.78 is 0. The van der Waals surface area contributed by atoms with Crippen molar-refractivity contribution in [3.63, 3.8) is 0 Å². The SMILES string of the molecule is O=[N+]([O-])c1ccc(Sc2ccccc2[N+](=O)[O-])c(CO)c1. The first-order chi connectivity index (χ1) is 10.0. The van der Waals surface area contributed by atoms with Gasteiger partial charge in [0.15, 0.2) is 0 Å². The number of rotatable bonds is 5. The Morgan fingerprint density at radius 3 is 2.33 bits per heavy atom. The topological polar surface area (TPSA) is 107 Å². The molecule has 0 bridgehead atoms. The Labute approximate surface area is 123 Å². The molecule has 108 valence electrons. The molecule has 0 aliphatic rings. The summed E-state index contributed by atoms with van der Waals surface area (Å²) in [6.07, 6.45) is 0. The predicted octanol–water partition coefficient (Wildman–Crippen LogP) is 3.15. The second-order valence-electron chi connectivity index (χ2n) is 4.03. The molecule has 0 atom stereocenters. The molecule has 21 heavy (non-hydrogen) atoms. The smallest absolute Gasteiger partial charge is 0.283 e. The van der Waals surface area contributed by atoms with E-state index in [-0.39, 0.29) is 18.0 Å². The minimum atomic E-state index is -0.557. The van der Waals surface area contributed by atoms with Crippen LogP contribution in [0, 0.1) is 20.2 Å². The maximum Gasteiger partial charge on any atom is 0.283 e. The highest BCUT2D eigenvalue weighted by Gasteiger charge is 2.16. The maximum absolute atomic E-state index is 11.0. The van der Waals surface area contributed by atoms with E-state index in [1.54, 1.807) is 18.2 Å². The van der Waals surface area contributed by atoms with Crippen molar-refractivity contribution in [3.8, 4) is 0 Å². The lowest BCUT2D eigenvalue weighted by Gasteiger charge is -2.07. The summed E-state index contributed by atoms with van der Waals surface area (Å²) in [5, 5.41) is 31.0. The normalized spacial score (nSPS) is 10.3. The average Bonchev–Trinajstić information content (AvgIpc) is 2.47. The van der Waals surface area contributed by atoms with Gasteiger partial charge in [0.2, 0.25) is 0 Å². The Kier molecular flexibility index (Phi) is 4.51. The van der Waals surface area contributed by atoms with Crippen molar-refractivity contribution in [1.82, 2.24) is 0 Å². The third-order valence-electron chi connectivity index (χ3n) is 2.71. The number of aliphatic hydroxyl groups is 1. The van der Waals surface area contributed by atoms with Crippen LogP contribution in [0.2, 0.25) is 0 Å². The highest BCUT2D eigenvalue weighted by Crippen LogP contribution is 2.37. The molecule has 2 rings (SSSR count). The van der Waals surface area contributed by atoms with E-state index in [9.17, 15) is 25.3 Å². The van der Waals surface area contributed by atoms with Gasteiger partial charge in [0.25, 0.3) is 11.4 Å². The second-order valence-corrected chi connectivity index (χ2v) is 5.12. The van der Waals surface area contributed by atoms with Crippen LogP contribution in [0.5, 0.6) is 0 Å². The van der Waals surface area contributed by atoms with Crippen LogP contribution in [0.15, 0.2) is 52.3 Å². The van der Waals surface area contributed by atoms with Gasteiger partial charge in [0.1, 0.15) is 0 Å². The fraction of sp³-hybridized carbons (Fsp3) is 0.0769. The van der Waals surface area contributed by atoms with E-state index in [4.69, 9.17) is 0 Å². The van der Waals surface area contributed by atoms with E-state index in [0.717, 1.165) is 11.8 Å². The van der Waals surface area contributed by atoms with Crippen LogP contribution in [0.3, 0.4) is 0 Å². The number of hydrogen-bond donors (Lipinski definition) is 1. The number of non-ortho nitro benzene ring substituents is 1. The van der Waals surface area contributed by atoms with Crippen molar-refractivity contribution in [3.05, 3.63) is 68.3 Å². The fourth-order valence-corrected chi connectivity index (χ4v) is 2.74. The maximum atomic E-state index is 11.0. The van der Waals surface area contributed by atoms with Crippen molar-refractivity contribution < 1.29 is 15.0 Å². The van der Waals surface area contributed by atoms with E-state index >= 15 is 0 Å². The molecule has 0 saturated heterocycles. The third kappa shape index (κ3) is 3.36. The quantitative estimate of drug-likeness (QED) is 0.671. The first kappa shape index (κ1) is 14.9. The van der Waals surface area contributed by atoms with Gasteiger partial charge < -0.3 is 5.11 Å². The van der Waals surface area contributed by atoms with Gasteiger partial charge in [0.05, 0.1) is 21.3 Å². The number of para-hydroxylation sites is 1. The fourth-order valence-electron chi connectivity index (χ4n) is 1.72. The Morgan fingerprint density at radius 1 is 1.00 bits per heavy atom. The van der Waals surface area contributed by atoms with Gasteiger partial charge in [0, 0.05) is 23.1 Å². The van der Waals surface area contributed by atoms with Crippen molar-refractivity contribution in [2.24, 2.45) is 0 Å². The van der Waals surface area contributed by atoms with Gasteiger partial charge >= 0.3 is 0 Å². The predicted molar refractivity (Wildman–Crippen MR) is 76.2 cm³/mol. The summed E-state index contributed by atoms with van der Waals surface area (Å²) in [6.45, 7) is -0.384. The first-order valence-electron chi connectivity index (χ1n) is 5.82. The van der Waals surface area contributed by atoms with Gasteiger partial charge in [-0.25, -0.2) is 0 Å². The van der Waals surface area contributed by atoms with E-state index < -0.39 is 9.85 Å². The van der Waals surface area contributed by atoms with E-state index in [2.05, 4.69) is 0 Å². The number of nitrogens with zero attached hydrogens (tertiary/aromatic N) is 2. The van der Waals surface area contributed by atoms with E-state index in [0.29, 0.717) is 15.4 Å². The molecule has 0 fully saturated rings. The number of benzene rings is 2. The van der Waals surface area contributed by atoms with Crippen LogP contribution in [0.25, 0.3) is 0 Å². The van der Waals surface area contributed by atoms with Crippen molar-refractivity contribution in [2.45, 2.75) is 16.4 Å². The van der Waals surface area contributed by atoms with Crippen LogP contribution >= 0.6 is 11.8 Å². The number of aliphatic hydroxyl groups excluding tert-OH is 1. The monoisotopic (exact) mass is 306 g/mol. The molecular formula is C13H10N2O5S. The summed E-state index contributed by atoms with van der Waals surface area (Å²) >= 11 is 1.09. The van der Waals surface area contributed by atoms with Gasteiger partial charge in [-0.2, -0.15) is 0 Å². The molecule has 0 heterocycles. The number of nitro benzene ring substituents is 2. The molecule has 0 saturated carbocycles. The van der Waals surface area contributed by atoms with Crippen LogP contribution in [0.4, 0.5) is 11.4 Å². The zero-order valence-corrected chi connectivity index (χ0v) is 11.4. The van der Waals surface area contributed by atoms with Crippen LogP contribution in [-0.2, 0) is 6.61 Å². The highest BCUT2D eigenvalue weighted by atomic mass is 32.2. The molecule has 2 aromatic carbocycles. The summed E-state index contributed by atoms with van der Waals surface area (Å²) in [7, 11) is 0. The summed E-state index contributed by atoms with van der Waals surface area (Å²) in [5.74, 6) is 0. The molecule has 7 nitrogen and oxygen atoms in total. The zero-order valence-electron chi connectivity index (χ0n) is 10.6. The minimum Gasteiger partial charge on any atom is -0.392 e. The third-order valence-corrected chi connectivity index (χ3v) is 3.89. The van der Waals surface area contributed by atoms with Crippen LogP contribution in [0.1, 0.15) is 5.56 Å². The number of nitro groups is 2. The molecule has 0 radical (unpaired) electrons. The Balaban J connectivity index is 2.40. The minimum absolute atomic E-state index is 0.0512. The van der Waals surface area contributed by atoms with Crippen molar-refractivity contribution >= 4 is 23.1 Å². The second kappa shape index (κ2) is 6.33. The highest BCUT2D eigenvalue weighted by molar-refractivity contribution is 7.99. The van der Waals surface area contributed by atoms with Gasteiger partial charge in [-0.15, -0.1) is 0 Å². The lowest BCUT2D eigenvalue weighted by Crippen LogP contribution is -1.94. The molecule has 0 aliphatic carbocycles. The van der Waals surface area contributed by atoms with Gasteiger partial charge in [-0.05, 0) is 17.7 Å². The Bertz CT molecular complexity index is 705. The van der Waals surface area contributed by atoms with Gasteiger partial charge in [-0.3, -0.25) is 20.2 Å². The molecule has 2 aromatic rings. The standard InChI is InChI=1S/C13H10N2O5S/c16-8-9-7-10(14(17)18)5-6-12(9)21-13-4-2-1-3-11(13)15(19)20/h1-7,16H,8H2. The molecule has 1 N–H and O–H groups in total. The van der Waals surface area contributed by atoms with Crippen molar-refractivity contribution in [1.29, 1.82) is 0 Å². The van der Waals surface area contributed by atoms with Crippen LogP contribution < -0.4 is 0 Å². The van der Waals surface area contributed by atoms with Crippen molar-refractivity contribution in [2.75, 3.05) is 0 Å². The number of hydrogen-bond acceptors (Lipinski definition) is 6. The lowest BCUT2D eigenvalue weighted by atomic mass is 10.2. The van der Waals surface area contributed by atoms with E-state index in [1.807, 2.05) is 0 Å². The molecular weight excluding hydrogens is 296 g/mol. The van der Waals surface area contributed by atoms with E-state index in [1.165, 1.54) is 24.3 Å². The molecule has 0 unspecified atom stereocenters.